The molecule has 0 saturated carbocycles. The summed E-state index contributed by atoms with van der Waals surface area (Å²) in [5, 5.41) is 3.21. The summed E-state index contributed by atoms with van der Waals surface area (Å²) in [5.74, 6) is 0. The lowest BCUT2D eigenvalue weighted by atomic mass is 10.4. The number of ether oxygens (including phenoxy) is 2. The fourth-order valence-electron chi connectivity index (χ4n) is 1.70. The summed E-state index contributed by atoms with van der Waals surface area (Å²) in [4.78, 5) is 0. The van der Waals surface area contributed by atoms with Crippen LogP contribution in [0.25, 0.3) is 0 Å². The van der Waals surface area contributed by atoms with Gasteiger partial charge in [0.05, 0.1) is 6.26 Å². The number of hydrogen-bond donors (Lipinski definition) is 1. The normalized spacial score (nSPS) is 12.5. The maximum Gasteiger partial charge on any atom is 0.211 e. The van der Waals surface area contributed by atoms with E-state index >= 15 is 0 Å². The third kappa shape index (κ3) is 9.34. The quantitative estimate of drug-likeness (QED) is 0.423. The molecule has 0 aromatic heterocycles. The van der Waals surface area contributed by atoms with Gasteiger partial charge in [-0.2, -0.15) is 0 Å². The van der Waals surface area contributed by atoms with Crippen LogP contribution >= 0.6 is 0 Å². The van der Waals surface area contributed by atoms with E-state index in [9.17, 15) is 8.42 Å². The van der Waals surface area contributed by atoms with Gasteiger partial charge in [0.15, 0.2) is 6.29 Å². The van der Waals surface area contributed by atoms with Gasteiger partial charge in [-0.3, -0.25) is 0 Å². The van der Waals surface area contributed by atoms with E-state index in [4.69, 9.17) is 9.47 Å². The van der Waals surface area contributed by atoms with Crippen molar-refractivity contribution in [3.05, 3.63) is 0 Å². The van der Waals surface area contributed by atoms with Crippen LogP contribution in [0.15, 0.2) is 0 Å². The Bertz CT molecular complexity index is 303. The molecular formula is C12H28N2O4S. The van der Waals surface area contributed by atoms with Crippen molar-refractivity contribution in [3.63, 3.8) is 0 Å². The molecule has 0 heterocycles. The van der Waals surface area contributed by atoms with Crippen molar-refractivity contribution in [2.45, 2.75) is 33.5 Å². The van der Waals surface area contributed by atoms with E-state index in [0.717, 1.165) is 13.0 Å². The van der Waals surface area contributed by atoms with Gasteiger partial charge in [-0.1, -0.05) is 6.92 Å². The zero-order valence-electron chi connectivity index (χ0n) is 12.5. The highest BCUT2D eigenvalue weighted by molar-refractivity contribution is 7.88. The number of sulfonamides is 1. The van der Waals surface area contributed by atoms with E-state index in [1.54, 1.807) is 0 Å². The first-order chi connectivity index (χ1) is 8.95. The Kier molecular flexibility index (Phi) is 10.4. The van der Waals surface area contributed by atoms with Crippen LogP contribution in [0.1, 0.15) is 27.2 Å². The summed E-state index contributed by atoms with van der Waals surface area (Å²) in [6.07, 6.45) is 1.78. The van der Waals surface area contributed by atoms with Crippen molar-refractivity contribution in [2.75, 3.05) is 45.6 Å². The number of rotatable bonds is 12. The van der Waals surface area contributed by atoms with Gasteiger partial charge in [0.2, 0.25) is 10.0 Å². The molecule has 0 aliphatic carbocycles. The van der Waals surface area contributed by atoms with Crippen LogP contribution in [0.2, 0.25) is 0 Å². The molecule has 0 unspecified atom stereocenters. The lowest BCUT2D eigenvalue weighted by Gasteiger charge is -2.19. The molecule has 0 aromatic carbocycles. The molecule has 7 heteroatoms. The smallest absolute Gasteiger partial charge is 0.211 e. The van der Waals surface area contributed by atoms with Crippen LogP contribution in [0.5, 0.6) is 0 Å². The van der Waals surface area contributed by atoms with Gasteiger partial charge in [0, 0.05) is 32.8 Å². The molecule has 0 saturated heterocycles. The molecule has 0 amide bonds. The van der Waals surface area contributed by atoms with Crippen LogP contribution < -0.4 is 5.32 Å². The standard InChI is InChI=1S/C12H28N2O4S/c1-5-14(19(4,15)16)10-8-9-13-11-12(17-6-2)18-7-3/h12-13H,5-11H2,1-4H3. The van der Waals surface area contributed by atoms with Crippen molar-refractivity contribution >= 4 is 10.0 Å². The van der Waals surface area contributed by atoms with Crippen LogP contribution in [0.4, 0.5) is 0 Å². The van der Waals surface area contributed by atoms with Crippen LogP contribution in [0.3, 0.4) is 0 Å². The van der Waals surface area contributed by atoms with E-state index in [2.05, 4.69) is 5.32 Å². The highest BCUT2D eigenvalue weighted by atomic mass is 32.2. The Labute approximate surface area is 117 Å². The van der Waals surface area contributed by atoms with Gasteiger partial charge in [-0.15, -0.1) is 0 Å². The Morgan fingerprint density at radius 3 is 2.16 bits per heavy atom. The monoisotopic (exact) mass is 296 g/mol. The summed E-state index contributed by atoms with van der Waals surface area (Å²) < 4.78 is 35.0. The third-order valence-corrected chi connectivity index (χ3v) is 3.98. The molecule has 1 N–H and O–H groups in total. The lowest BCUT2D eigenvalue weighted by Crippen LogP contribution is -2.35. The average molecular weight is 296 g/mol. The average Bonchev–Trinajstić information content (AvgIpc) is 2.32. The molecule has 0 radical (unpaired) electrons. The highest BCUT2D eigenvalue weighted by Crippen LogP contribution is 1.98. The molecular weight excluding hydrogens is 268 g/mol. The van der Waals surface area contributed by atoms with E-state index in [-0.39, 0.29) is 6.29 Å². The van der Waals surface area contributed by atoms with Gasteiger partial charge in [0.1, 0.15) is 0 Å². The minimum Gasteiger partial charge on any atom is -0.352 e. The maximum absolute atomic E-state index is 11.4. The summed E-state index contributed by atoms with van der Waals surface area (Å²) >= 11 is 0. The van der Waals surface area contributed by atoms with Crippen molar-refractivity contribution in [1.29, 1.82) is 0 Å². The molecule has 0 spiro atoms. The SMILES string of the molecule is CCOC(CNCCCN(CC)S(C)(=O)=O)OCC. The van der Waals surface area contributed by atoms with E-state index in [1.165, 1.54) is 10.6 Å². The lowest BCUT2D eigenvalue weighted by molar-refractivity contribution is -0.132. The first-order valence-corrected chi connectivity index (χ1v) is 8.69. The predicted octanol–water partition coefficient (Wildman–Crippen LogP) is 0.647. The molecule has 0 aromatic rings. The molecule has 0 aliphatic rings. The van der Waals surface area contributed by atoms with E-state index in [0.29, 0.717) is 32.8 Å². The third-order valence-electron chi connectivity index (χ3n) is 2.60. The van der Waals surface area contributed by atoms with Gasteiger partial charge in [-0.25, -0.2) is 12.7 Å². The van der Waals surface area contributed by atoms with Gasteiger partial charge >= 0.3 is 0 Å². The second-order valence-corrected chi connectivity index (χ2v) is 6.14. The van der Waals surface area contributed by atoms with E-state index < -0.39 is 10.0 Å². The first-order valence-electron chi connectivity index (χ1n) is 6.84. The molecule has 0 aliphatic heterocycles. The van der Waals surface area contributed by atoms with Crippen LogP contribution in [-0.4, -0.2) is 64.7 Å². The second-order valence-electron chi connectivity index (χ2n) is 4.15. The molecule has 19 heavy (non-hydrogen) atoms. The molecule has 0 bridgehead atoms. The van der Waals surface area contributed by atoms with Gasteiger partial charge in [-0.05, 0) is 26.8 Å². The minimum atomic E-state index is -3.08. The largest absolute Gasteiger partial charge is 0.352 e. The van der Waals surface area contributed by atoms with Crippen molar-refractivity contribution in [2.24, 2.45) is 0 Å². The molecule has 0 atom stereocenters. The summed E-state index contributed by atoms with van der Waals surface area (Å²) in [6.45, 7) is 9.34. The maximum atomic E-state index is 11.4. The Morgan fingerprint density at radius 2 is 1.74 bits per heavy atom. The summed E-state index contributed by atoms with van der Waals surface area (Å²) in [5.41, 5.74) is 0. The topological polar surface area (TPSA) is 67.9 Å². The summed E-state index contributed by atoms with van der Waals surface area (Å²) in [7, 11) is -3.08. The zero-order chi connectivity index (χ0) is 14.7. The fourth-order valence-corrected chi connectivity index (χ4v) is 2.63. The first kappa shape index (κ1) is 18.8. The Balaban J connectivity index is 3.78. The van der Waals surface area contributed by atoms with Crippen molar-refractivity contribution in [3.8, 4) is 0 Å². The van der Waals surface area contributed by atoms with Gasteiger partial charge in [0.25, 0.3) is 0 Å². The highest BCUT2D eigenvalue weighted by Gasteiger charge is 2.13. The summed E-state index contributed by atoms with van der Waals surface area (Å²) in [6, 6.07) is 0. The molecule has 0 rings (SSSR count). The van der Waals surface area contributed by atoms with E-state index in [1.807, 2.05) is 20.8 Å². The van der Waals surface area contributed by atoms with Crippen molar-refractivity contribution in [1.82, 2.24) is 9.62 Å². The Morgan fingerprint density at radius 1 is 1.16 bits per heavy atom. The molecule has 6 nitrogen and oxygen atoms in total. The van der Waals surface area contributed by atoms with Crippen molar-refractivity contribution < 1.29 is 17.9 Å². The second kappa shape index (κ2) is 10.6. The molecule has 116 valence electrons. The van der Waals surface area contributed by atoms with Gasteiger partial charge < -0.3 is 14.8 Å². The Hall–Kier alpha value is -0.210. The number of nitrogens with zero attached hydrogens (tertiary/aromatic N) is 1. The minimum absolute atomic E-state index is 0.229. The van der Waals surface area contributed by atoms with Crippen LogP contribution in [-0.2, 0) is 19.5 Å². The molecule has 0 fully saturated rings. The number of nitrogens with one attached hydrogen (secondary N) is 1. The van der Waals surface area contributed by atoms with Crippen LogP contribution in [0, 0.1) is 0 Å². The fraction of sp³-hybridized carbons (Fsp3) is 1.00. The zero-order valence-corrected chi connectivity index (χ0v) is 13.3. The predicted molar refractivity (Wildman–Crippen MR) is 76.6 cm³/mol. The number of hydrogen-bond acceptors (Lipinski definition) is 5.